The van der Waals surface area contributed by atoms with Crippen molar-refractivity contribution in [1.82, 2.24) is 4.90 Å². The van der Waals surface area contributed by atoms with Crippen LogP contribution in [-0.2, 0) is 12.1 Å². The van der Waals surface area contributed by atoms with Crippen LogP contribution in [0, 0.1) is 0 Å². The number of fused-ring (bicyclic) bond motifs is 1. The summed E-state index contributed by atoms with van der Waals surface area (Å²) in [6, 6.07) is 26.1. The van der Waals surface area contributed by atoms with Gasteiger partial charge in [0.2, 0.25) is 0 Å². The Hall–Kier alpha value is -3.27. The number of nitrogens with one attached hydrogen (secondary N) is 1. The Morgan fingerprint density at radius 1 is 0.933 bits per heavy atom. The predicted molar refractivity (Wildman–Crippen MR) is 121 cm³/mol. The second-order valence-corrected chi connectivity index (χ2v) is 7.81. The molecule has 1 aliphatic heterocycles. The molecule has 0 fully saturated rings. The van der Waals surface area contributed by atoms with E-state index in [0.29, 0.717) is 18.7 Å². The Morgan fingerprint density at radius 3 is 2.37 bits per heavy atom. The van der Waals surface area contributed by atoms with Crippen LogP contribution in [-0.4, -0.2) is 24.0 Å². The number of rotatable bonds is 7. The van der Waals surface area contributed by atoms with Crippen molar-refractivity contribution >= 4 is 11.6 Å². The van der Waals surface area contributed by atoms with E-state index in [4.69, 9.17) is 4.74 Å². The molecule has 4 heteroatoms. The van der Waals surface area contributed by atoms with Gasteiger partial charge in [0.1, 0.15) is 11.4 Å². The summed E-state index contributed by atoms with van der Waals surface area (Å²) in [5.74, 6) is 0.900. The minimum atomic E-state index is -0.649. The molecule has 1 N–H and O–H groups in total. The molecule has 0 saturated carbocycles. The number of ether oxygens (including phenoxy) is 1. The molecule has 0 aliphatic carbocycles. The van der Waals surface area contributed by atoms with E-state index in [1.165, 1.54) is 5.56 Å². The maximum Gasteiger partial charge on any atom is 0.258 e. The van der Waals surface area contributed by atoms with Gasteiger partial charge < -0.3 is 15.0 Å². The Labute approximate surface area is 178 Å². The van der Waals surface area contributed by atoms with Gasteiger partial charge in [-0.15, -0.1) is 0 Å². The SMILES string of the molecule is CCCOc1ccc(C2(C)Nc3ccccc3C(=O)N2CCc2ccccc2)cc1. The van der Waals surface area contributed by atoms with Gasteiger partial charge in [0.05, 0.1) is 12.2 Å². The van der Waals surface area contributed by atoms with Crippen molar-refractivity contribution in [2.45, 2.75) is 32.4 Å². The number of nitrogens with zero attached hydrogens (tertiary/aromatic N) is 1. The Kier molecular flexibility index (Phi) is 5.75. The highest BCUT2D eigenvalue weighted by Crippen LogP contribution is 2.38. The quantitative estimate of drug-likeness (QED) is 0.573. The van der Waals surface area contributed by atoms with Crippen LogP contribution in [0.25, 0.3) is 0 Å². The number of hydrogen-bond donors (Lipinski definition) is 1. The smallest absolute Gasteiger partial charge is 0.258 e. The summed E-state index contributed by atoms with van der Waals surface area (Å²) >= 11 is 0. The predicted octanol–water partition coefficient (Wildman–Crippen LogP) is 5.46. The summed E-state index contributed by atoms with van der Waals surface area (Å²) in [5.41, 5.74) is 3.18. The highest BCUT2D eigenvalue weighted by atomic mass is 16.5. The molecule has 1 amide bonds. The maximum absolute atomic E-state index is 13.5. The standard InChI is InChI=1S/C26H28N2O2/c1-3-19-30-22-15-13-21(14-16-22)26(2)27-24-12-8-7-11-23(24)25(29)28(26)18-17-20-9-5-4-6-10-20/h4-16,27H,3,17-19H2,1-2H3. The van der Waals surface area contributed by atoms with Crippen LogP contribution < -0.4 is 10.1 Å². The van der Waals surface area contributed by atoms with Crippen molar-refractivity contribution < 1.29 is 9.53 Å². The fraction of sp³-hybridized carbons (Fsp3) is 0.269. The van der Waals surface area contributed by atoms with Gasteiger partial charge in [0, 0.05) is 12.2 Å². The molecule has 1 atom stereocenters. The van der Waals surface area contributed by atoms with E-state index in [-0.39, 0.29) is 5.91 Å². The van der Waals surface area contributed by atoms with Crippen LogP contribution in [0.1, 0.15) is 41.8 Å². The zero-order valence-electron chi connectivity index (χ0n) is 17.6. The van der Waals surface area contributed by atoms with Gasteiger partial charge in [0.15, 0.2) is 0 Å². The van der Waals surface area contributed by atoms with Crippen LogP contribution in [0.2, 0.25) is 0 Å². The third-order valence-electron chi connectivity index (χ3n) is 5.68. The fourth-order valence-electron chi connectivity index (χ4n) is 3.99. The van der Waals surface area contributed by atoms with Crippen molar-refractivity contribution in [3.8, 4) is 5.75 Å². The second kappa shape index (κ2) is 8.62. The first kappa shape index (κ1) is 20.0. The average molecular weight is 401 g/mol. The summed E-state index contributed by atoms with van der Waals surface area (Å²) in [4.78, 5) is 15.4. The molecule has 4 rings (SSSR count). The van der Waals surface area contributed by atoms with Gasteiger partial charge in [-0.2, -0.15) is 0 Å². The molecule has 154 valence electrons. The molecule has 3 aromatic carbocycles. The lowest BCUT2D eigenvalue weighted by Gasteiger charge is -2.47. The van der Waals surface area contributed by atoms with Gasteiger partial charge in [-0.05, 0) is 55.2 Å². The van der Waals surface area contributed by atoms with Gasteiger partial charge in [-0.3, -0.25) is 4.79 Å². The highest BCUT2D eigenvalue weighted by Gasteiger charge is 2.42. The molecule has 0 aromatic heterocycles. The summed E-state index contributed by atoms with van der Waals surface area (Å²) in [6.07, 6.45) is 1.77. The summed E-state index contributed by atoms with van der Waals surface area (Å²) < 4.78 is 5.74. The van der Waals surface area contributed by atoms with E-state index >= 15 is 0 Å². The number of anilines is 1. The molecule has 1 heterocycles. The number of carbonyl (C=O) groups is 1. The number of para-hydroxylation sites is 1. The third kappa shape index (κ3) is 3.90. The van der Waals surface area contributed by atoms with Crippen LogP contribution in [0.4, 0.5) is 5.69 Å². The third-order valence-corrected chi connectivity index (χ3v) is 5.68. The molecule has 0 saturated heterocycles. The molecule has 30 heavy (non-hydrogen) atoms. The van der Waals surface area contributed by atoms with E-state index in [9.17, 15) is 4.79 Å². The van der Waals surface area contributed by atoms with E-state index in [1.807, 2.05) is 59.5 Å². The van der Waals surface area contributed by atoms with Gasteiger partial charge in [-0.1, -0.05) is 61.5 Å². The number of carbonyl (C=O) groups excluding carboxylic acids is 1. The lowest BCUT2D eigenvalue weighted by atomic mass is 9.93. The minimum Gasteiger partial charge on any atom is -0.494 e. The van der Waals surface area contributed by atoms with Gasteiger partial charge >= 0.3 is 0 Å². The lowest BCUT2D eigenvalue weighted by Crippen LogP contribution is -2.56. The Bertz CT molecular complexity index is 1000. The molecule has 0 bridgehead atoms. The number of hydrogen-bond acceptors (Lipinski definition) is 3. The fourth-order valence-corrected chi connectivity index (χ4v) is 3.99. The summed E-state index contributed by atoms with van der Waals surface area (Å²) in [6.45, 7) is 5.49. The first-order valence-electron chi connectivity index (χ1n) is 10.6. The van der Waals surface area contributed by atoms with E-state index in [0.717, 1.165) is 29.8 Å². The molecular formula is C26H28N2O2. The number of amides is 1. The Morgan fingerprint density at radius 2 is 1.63 bits per heavy atom. The molecule has 3 aromatic rings. The second-order valence-electron chi connectivity index (χ2n) is 7.81. The van der Waals surface area contributed by atoms with Crippen molar-refractivity contribution in [3.63, 3.8) is 0 Å². The lowest BCUT2D eigenvalue weighted by molar-refractivity contribution is 0.0539. The molecule has 1 aliphatic rings. The molecule has 0 spiro atoms. The van der Waals surface area contributed by atoms with Gasteiger partial charge in [0.25, 0.3) is 5.91 Å². The zero-order valence-corrected chi connectivity index (χ0v) is 17.6. The normalized spacial score (nSPS) is 17.9. The van der Waals surface area contributed by atoms with Crippen molar-refractivity contribution in [2.24, 2.45) is 0 Å². The first-order valence-corrected chi connectivity index (χ1v) is 10.6. The maximum atomic E-state index is 13.5. The van der Waals surface area contributed by atoms with E-state index < -0.39 is 5.66 Å². The molecule has 1 unspecified atom stereocenters. The first-order chi connectivity index (χ1) is 14.6. The van der Waals surface area contributed by atoms with Crippen LogP contribution >= 0.6 is 0 Å². The summed E-state index contributed by atoms with van der Waals surface area (Å²) in [7, 11) is 0. The molecular weight excluding hydrogens is 372 g/mol. The van der Waals surface area contributed by atoms with E-state index in [2.05, 4.69) is 43.4 Å². The topological polar surface area (TPSA) is 41.6 Å². The van der Waals surface area contributed by atoms with Crippen molar-refractivity contribution in [2.75, 3.05) is 18.5 Å². The summed E-state index contributed by atoms with van der Waals surface area (Å²) in [5, 5.41) is 3.63. The average Bonchev–Trinajstić information content (AvgIpc) is 2.78. The highest BCUT2D eigenvalue weighted by molar-refractivity contribution is 6.02. The largest absolute Gasteiger partial charge is 0.494 e. The monoisotopic (exact) mass is 400 g/mol. The van der Waals surface area contributed by atoms with Crippen molar-refractivity contribution in [3.05, 3.63) is 95.6 Å². The van der Waals surface area contributed by atoms with Crippen LogP contribution in [0.15, 0.2) is 78.9 Å². The molecule has 0 radical (unpaired) electrons. The number of benzene rings is 3. The van der Waals surface area contributed by atoms with Crippen LogP contribution in [0.3, 0.4) is 0 Å². The Balaban J connectivity index is 1.67. The van der Waals surface area contributed by atoms with Crippen LogP contribution in [0.5, 0.6) is 5.75 Å². The minimum absolute atomic E-state index is 0.0501. The zero-order chi connectivity index (χ0) is 21.0. The molecule has 4 nitrogen and oxygen atoms in total. The van der Waals surface area contributed by atoms with Gasteiger partial charge in [-0.25, -0.2) is 0 Å². The van der Waals surface area contributed by atoms with E-state index in [1.54, 1.807) is 0 Å². The van der Waals surface area contributed by atoms with Crippen molar-refractivity contribution in [1.29, 1.82) is 0 Å².